The number of nitrogens with zero attached hydrogens (tertiary/aromatic N) is 2. The molecule has 0 aliphatic rings. The molecule has 4 nitrogen and oxygen atoms in total. The highest BCUT2D eigenvalue weighted by Crippen LogP contribution is 2.18. The van der Waals surface area contributed by atoms with Crippen molar-refractivity contribution in [2.24, 2.45) is 10.2 Å². The van der Waals surface area contributed by atoms with Crippen molar-refractivity contribution in [1.29, 1.82) is 0 Å². The van der Waals surface area contributed by atoms with Gasteiger partial charge >= 0.3 is 5.97 Å². The van der Waals surface area contributed by atoms with E-state index >= 15 is 0 Å². The van der Waals surface area contributed by atoms with Gasteiger partial charge in [-0.3, -0.25) is 0 Å². The predicted octanol–water partition coefficient (Wildman–Crippen LogP) is 3.66. The number of rotatable bonds is 6. The number of carboxylic acid groups (broad SMARTS) is 1. The quantitative estimate of drug-likeness (QED) is 0.587. The highest BCUT2D eigenvalue weighted by molar-refractivity contribution is 5.93. The molecule has 0 saturated heterocycles. The molecule has 0 aromatic heterocycles. The van der Waals surface area contributed by atoms with Gasteiger partial charge in [-0.15, -0.1) is 0 Å². The monoisotopic (exact) mass is 220 g/mol. The molecular formula is C12H16N2O2. The normalized spacial score (nSPS) is 10.8. The number of aromatic carboxylic acids is 1. The van der Waals surface area contributed by atoms with Gasteiger partial charge in [0.2, 0.25) is 0 Å². The van der Waals surface area contributed by atoms with E-state index in [1.807, 2.05) is 0 Å². The van der Waals surface area contributed by atoms with Crippen LogP contribution in [0.4, 0.5) is 5.69 Å². The Morgan fingerprint density at radius 1 is 1.31 bits per heavy atom. The summed E-state index contributed by atoms with van der Waals surface area (Å²) in [7, 11) is 0. The zero-order chi connectivity index (χ0) is 11.8. The van der Waals surface area contributed by atoms with E-state index in [4.69, 9.17) is 5.11 Å². The number of hydrogen-bond donors (Lipinski definition) is 1. The lowest BCUT2D eigenvalue weighted by molar-refractivity contribution is 0.0698. The first-order valence-electron chi connectivity index (χ1n) is 5.45. The molecule has 0 aliphatic carbocycles. The van der Waals surface area contributed by atoms with Crippen LogP contribution in [0.5, 0.6) is 0 Å². The Kier molecular flexibility index (Phi) is 5.19. The fourth-order valence-electron chi connectivity index (χ4n) is 1.30. The van der Waals surface area contributed by atoms with Crippen LogP contribution in [0.15, 0.2) is 34.5 Å². The van der Waals surface area contributed by atoms with Crippen LogP contribution in [0.25, 0.3) is 0 Å². The standard InChI is InChI=1S/C12H16N2O2/c1-2-3-6-9-13-14-11-8-5-4-7-10(11)12(15)16/h4-5,7-8H,2-3,6,9H2,1H3,(H,15,16)/b14-13+. The predicted molar refractivity (Wildman–Crippen MR) is 62.3 cm³/mol. The second-order valence-corrected chi connectivity index (χ2v) is 3.49. The van der Waals surface area contributed by atoms with Crippen molar-refractivity contribution in [3.05, 3.63) is 29.8 Å². The van der Waals surface area contributed by atoms with E-state index in [9.17, 15) is 4.79 Å². The maximum Gasteiger partial charge on any atom is 0.337 e. The summed E-state index contributed by atoms with van der Waals surface area (Å²) in [6.07, 6.45) is 3.26. The van der Waals surface area contributed by atoms with Crippen LogP contribution in [0.2, 0.25) is 0 Å². The minimum absolute atomic E-state index is 0.196. The Bertz CT molecular complexity index is 375. The van der Waals surface area contributed by atoms with Gasteiger partial charge in [-0.05, 0) is 18.6 Å². The Balaban J connectivity index is 2.62. The third-order valence-electron chi connectivity index (χ3n) is 2.17. The van der Waals surface area contributed by atoms with Gasteiger partial charge in [0.25, 0.3) is 0 Å². The molecule has 1 aromatic carbocycles. The molecule has 1 N–H and O–H groups in total. The lowest BCUT2D eigenvalue weighted by atomic mass is 10.2. The molecule has 1 rings (SSSR count). The van der Waals surface area contributed by atoms with E-state index in [0.717, 1.165) is 19.3 Å². The minimum atomic E-state index is -0.969. The molecule has 86 valence electrons. The van der Waals surface area contributed by atoms with Crippen molar-refractivity contribution in [2.45, 2.75) is 26.2 Å². The van der Waals surface area contributed by atoms with Crippen LogP contribution in [0.3, 0.4) is 0 Å². The average molecular weight is 220 g/mol. The van der Waals surface area contributed by atoms with E-state index in [1.165, 1.54) is 6.07 Å². The zero-order valence-electron chi connectivity index (χ0n) is 9.39. The lowest BCUT2D eigenvalue weighted by Gasteiger charge is -1.98. The number of carboxylic acids is 1. The van der Waals surface area contributed by atoms with Crippen LogP contribution in [-0.4, -0.2) is 17.6 Å². The number of hydrogen-bond acceptors (Lipinski definition) is 3. The highest BCUT2D eigenvalue weighted by Gasteiger charge is 2.07. The molecule has 0 fully saturated rings. The number of carbonyl (C=O) groups is 1. The molecule has 0 saturated carbocycles. The first-order chi connectivity index (χ1) is 7.75. The van der Waals surface area contributed by atoms with Gasteiger partial charge in [0.1, 0.15) is 0 Å². The number of unbranched alkanes of at least 4 members (excludes halogenated alkanes) is 2. The Morgan fingerprint density at radius 3 is 2.75 bits per heavy atom. The topological polar surface area (TPSA) is 62.0 Å². The van der Waals surface area contributed by atoms with Gasteiger partial charge in [-0.2, -0.15) is 10.2 Å². The SMILES string of the molecule is CCCCC/N=N/c1ccccc1C(=O)O. The fourth-order valence-corrected chi connectivity index (χ4v) is 1.30. The second-order valence-electron chi connectivity index (χ2n) is 3.49. The summed E-state index contributed by atoms with van der Waals surface area (Å²) in [5, 5.41) is 16.8. The van der Waals surface area contributed by atoms with E-state index in [2.05, 4.69) is 17.2 Å². The smallest absolute Gasteiger partial charge is 0.337 e. The van der Waals surface area contributed by atoms with Crippen LogP contribution >= 0.6 is 0 Å². The van der Waals surface area contributed by atoms with Gasteiger partial charge < -0.3 is 5.11 Å². The molecule has 0 unspecified atom stereocenters. The summed E-state index contributed by atoms with van der Waals surface area (Å²) in [5.74, 6) is -0.969. The number of azo groups is 1. The van der Waals surface area contributed by atoms with E-state index in [1.54, 1.807) is 18.2 Å². The highest BCUT2D eigenvalue weighted by atomic mass is 16.4. The molecule has 0 heterocycles. The lowest BCUT2D eigenvalue weighted by Crippen LogP contribution is -1.95. The second kappa shape index (κ2) is 6.71. The Labute approximate surface area is 95.0 Å². The summed E-state index contributed by atoms with van der Waals surface area (Å²) < 4.78 is 0. The minimum Gasteiger partial charge on any atom is -0.478 e. The van der Waals surface area contributed by atoms with Crippen LogP contribution in [0.1, 0.15) is 36.5 Å². The maximum atomic E-state index is 10.9. The Morgan fingerprint density at radius 2 is 2.06 bits per heavy atom. The molecule has 4 heteroatoms. The summed E-state index contributed by atoms with van der Waals surface area (Å²) in [6.45, 7) is 2.78. The Hall–Kier alpha value is -1.71. The summed E-state index contributed by atoms with van der Waals surface area (Å²) in [6, 6.07) is 6.63. The summed E-state index contributed by atoms with van der Waals surface area (Å²) in [5.41, 5.74) is 0.619. The van der Waals surface area contributed by atoms with Crippen molar-refractivity contribution in [3.63, 3.8) is 0 Å². The molecule has 0 radical (unpaired) electrons. The molecule has 16 heavy (non-hydrogen) atoms. The first kappa shape index (κ1) is 12.4. The van der Waals surface area contributed by atoms with Crippen molar-refractivity contribution in [1.82, 2.24) is 0 Å². The molecule has 0 aliphatic heterocycles. The number of benzene rings is 1. The molecule has 0 amide bonds. The third-order valence-corrected chi connectivity index (χ3v) is 2.17. The largest absolute Gasteiger partial charge is 0.478 e. The maximum absolute atomic E-state index is 10.9. The van der Waals surface area contributed by atoms with E-state index in [-0.39, 0.29) is 5.56 Å². The van der Waals surface area contributed by atoms with E-state index in [0.29, 0.717) is 12.2 Å². The summed E-state index contributed by atoms with van der Waals surface area (Å²) >= 11 is 0. The van der Waals surface area contributed by atoms with Crippen molar-refractivity contribution >= 4 is 11.7 Å². The molecule has 0 bridgehead atoms. The van der Waals surface area contributed by atoms with Crippen molar-refractivity contribution < 1.29 is 9.90 Å². The van der Waals surface area contributed by atoms with Gasteiger partial charge in [0.15, 0.2) is 0 Å². The van der Waals surface area contributed by atoms with Crippen LogP contribution < -0.4 is 0 Å². The first-order valence-corrected chi connectivity index (χ1v) is 5.45. The summed E-state index contributed by atoms with van der Waals surface area (Å²) in [4.78, 5) is 10.9. The fraction of sp³-hybridized carbons (Fsp3) is 0.417. The van der Waals surface area contributed by atoms with Crippen molar-refractivity contribution in [3.8, 4) is 0 Å². The van der Waals surface area contributed by atoms with Crippen LogP contribution in [0, 0.1) is 0 Å². The van der Waals surface area contributed by atoms with Crippen molar-refractivity contribution in [2.75, 3.05) is 6.54 Å². The molecule has 0 atom stereocenters. The van der Waals surface area contributed by atoms with Gasteiger partial charge in [-0.25, -0.2) is 4.79 Å². The zero-order valence-corrected chi connectivity index (χ0v) is 9.39. The van der Waals surface area contributed by atoms with E-state index < -0.39 is 5.97 Å². The molecule has 0 spiro atoms. The molecular weight excluding hydrogens is 204 g/mol. The third kappa shape index (κ3) is 3.81. The van der Waals surface area contributed by atoms with Gasteiger partial charge in [-0.1, -0.05) is 31.9 Å². The van der Waals surface area contributed by atoms with Gasteiger partial charge in [0.05, 0.1) is 17.8 Å². The van der Waals surface area contributed by atoms with Gasteiger partial charge in [0, 0.05) is 0 Å². The van der Waals surface area contributed by atoms with Crippen LogP contribution in [-0.2, 0) is 0 Å². The molecule has 1 aromatic rings. The average Bonchev–Trinajstić information content (AvgIpc) is 2.29.